The Kier molecular flexibility index (Phi) is 6.33. The number of hydrogen-bond donors (Lipinski definition) is 2. The number of nitrogens with one attached hydrogen (secondary N) is 1. The highest BCUT2D eigenvalue weighted by molar-refractivity contribution is 8.26. The summed E-state index contributed by atoms with van der Waals surface area (Å²) in [5.41, 5.74) is 0.472. The molecule has 0 bridgehead atoms. The fourth-order valence-electron chi connectivity index (χ4n) is 2.46. The molecule has 1 aliphatic heterocycles. The SMILES string of the molecule is O=C(CCN1C(=O)C(=Cc2ccccc2F)SC1=S)Nc1cc(Cl)ccc1O. The minimum Gasteiger partial charge on any atom is -0.506 e. The van der Waals surface area contributed by atoms with Crippen molar-refractivity contribution < 1.29 is 19.1 Å². The number of aromatic hydroxyl groups is 1. The minimum atomic E-state index is -0.437. The molecule has 2 N–H and O–H groups in total. The Balaban J connectivity index is 1.64. The molecule has 0 aliphatic carbocycles. The number of halogens is 2. The molecular formula is C19H14ClFN2O3S2. The summed E-state index contributed by atoms with van der Waals surface area (Å²) in [4.78, 5) is 26.3. The zero-order valence-corrected chi connectivity index (χ0v) is 16.7. The van der Waals surface area contributed by atoms with E-state index in [4.69, 9.17) is 23.8 Å². The third-order valence-electron chi connectivity index (χ3n) is 3.86. The third-order valence-corrected chi connectivity index (χ3v) is 5.47. The number of carbonyl (C=O) groups is 2. The first kappa shape index (κ1) is 20.3. The fourth-order valence-corrected chi connectivity index (χ4v) is 3.93. The first-order chi connectivity index (χ1) is 13.3. The van der Waals surface area contributed by atoms with Crippen LogP contribution in [0.3, 0.4) is 0 Å². The number of thiocarbonyl (C=S) groups is 1. The molecule has 144 valence electrons. The van der Waals surface area contributed by atoms with E-state index in [1.807, 2.05) is 0 Å². The van der Waals surface area contributed by atoms with Gasteiger partial charge in [-0.3, -0.25) is 14.5 Å². The van der Waals surface area contributed by atoms with Gasteiger partial charge in [-0.2, -0.15) is 0 Å². The molecule has 1 heterocycles. The van der Waals surface area contributed by atoms with Crippen LogP contribution < -0.4 is 5.32 Å². The predicted molar refractivity (Wildman–Crippen MR) is 113 cm³/mol. The second-order valence-electron chi connectivity index (χ2n) is 5.81. The van der Waals surface area contributed by atoms with E-state index in [1.54, 1.807) is 18.2 Å². The molecule has 0 saturated carbocycles. The zero-order chi connectivity index (χ0) is 20.3. The Morgan fingerprint density at radius 2 is 2.07 bits per heavy atom. The van der Waals surface area contributed by atoms with Crippen molar-refractivity contribution in [2.75, 3.05) is 11.9 Å². The van der Waals surface area contributed by atoms with Crippen LogP contribution in [0.25, 0.3) is 6.08 Å². The highest BCUT2D eigenvalue weighted by Crippen LogP contribution is 2.33. The molecule has 1 fully saturated rings. The maximum absolute atomic E-state index is 13.8. The maximum atomic E-state index is 13.8. The van der Waals surface area contributed by atoms with E-state index in [0.717, 1.165) is 11.8 Å². The molecule has 0 radical (unpaired) electrons. The zero-order valence-electron chi connectivity index (χ0n) is 14.3. The number of anilines is 1. The van der Waals surface area contributed by atoms with E-state index in [9.17, 15) is 19.1 Å². The second-order valence-corrected chi connectivity index (χ2v) is 7.93. The van der Waals surface area contributed by atoms with Crippen molar-refractivity contribution in [3.63, 3.8) is 0 Å². The van der Waals surface area contributed by atoms with Gasteiger partial charge < -0.3 is 10.4 Å². The van der Waals surface area contributed by atoms with E-state index < -0.39 is 11.7 Å². The molecule has 9 heteroatoms. The summed E-state index contributed by atoms with van der Waals surface area (Å²) >= 11 is 12.1. The molecule has 1 aliphatic rings. The second kappa shape index (κ2) is 8.72. The number of amides is 2. The average Bonchev–Trinajstić information content (AvgIpc) is 2.91. The number of thioether (sulfide) groups is 1. The summed E-state index contributed by atoms with van der Waals surface area (Å²) in [6, 6.07) is 10.4. The minimum absolute atomic E-state index is 0.0363. The Hall–Kier alpha value is -2.42. The highest BCUT2D eigenvalue weighted by Gasteiger charge is 2.32. The lowest BCUT2D eigenvalue weighted by molar-refractivity contribution is -0.122. The van der Waals surface area contributed by atoms with Gasteiger partial charge in [0.2, 0.25) is 5.91 Å². The van der Waals surface area contributed by atoms with Crippen molar-refractivity contribution in [2.24, 2.45) is 0 Å². The van der Waals surface area contributed by atoms with Crippen LogP contribution in [0, 0.1) is 5.82 Å². The maximum Gasteiger partial charge on any atom is 0.266 e. The quantitative estimate of drug-likeness (QED) is 0.412. The number of nitrogens with zero attached hydrogens (tertiary/aromatic N) is 1. The number of phenols is 1. The van der Waals surface area contributed by atoms with Crippen molar-refractivity contribution in [3.05, 3.63) is 63.8 Å². The van der Waals surface area contributed by atoms with Crippen LogP contribution in [-0.2, 0) is 9.59 Å². The van der Waals surface area contributed by atoms with Crippen LogP contribution in [0.5, 0.6) is 5.75 Å². The Bertz CT molecular complexity index is 997. The normalized spacial score (nSPS) is 15.4. The Morgan fingerprint density at radius 3 is 2.82 bits per heavy atom. The van der Waals surface area contributed by atoms with E-state index >= 15 is 0 Å². The van der Waals surface area contributed by atoms with Crippen molar-refractivity contribution in [1.82, 2.24) is 4.90 Å². The van der Waals surface area contributed by atoms with E-state index in [0.29, 0.717) is 14.2 Å². The van der Waals surface area contributed by atoms with E-state index in [-0.39, 0.29) is 35.9 Å². The van der Waals surface area contributed by atoms with Gasteiger partial charge in [-0.25, -0.2) is 4.39 Å². The topological polar surface area (TPSA) is 69.6 Å². The molecule has 0 spiro atoms. The average molecular weight is 437 g/mol. The lowest BCUT2D eigenvalue weighted by Gasteiger charge is -2.14. The molecule has 0 aromatic heterocycles. The predicted octanol–water partition coefficient (Wildman–Crippen LogP) is 4.41. The van der Waals surface area contributed by atoms with Gasteiger partial charge in [0.25, 0.3) is 5.91 Å². The summed E-state index contributed by atoms with van der Waals surface area (Å²) < 4.78 is 14.1. The van der Waals surface area contributed by atoms with Crippen molar-refractivity contribution in [3.8, 4) is 5.75 Å². The van der Waals surface area contributed by atoms with Gasteiger partial charge >= 0.3 is 0 Å². The first-order valence-electron chi connectivity index (χ1n) is 8.13. The molecule has 0 atom stereocenters. The molecule has 2 amide bonds. The molecule has 2 aromatic rings. The van der Waals surface area contributed by atoms with Gasteiger partial charge in [0, 0.05) is 23.6 Å². The standard InChI is InChI=1S/C19H14ClFN2O3S2/c20-12-5-6-15(24)14(10-12)22-17(25)7-8-23-18(26)16(28-19(23)27)9-11-3-1-2-4-13(11)21/h1-6,9-10,24H,7-8H2,(H,22,25). The number of rotatable bonds is 5. The summed E-state index contributed by atoms with van der Waals surface area (Å²) in [5, 5.41) is 12.6. The number of carbonyl (C=O) groups excluding carboxylic acids is 2. The third kappa shape index (κ3) is 4.70. The van der Waals surface area contributed by atoms with Gasteiger partial charge in [-0.15, -0.1) is 0 Å². The number of hydrogen-bond acceptors (Lipinski definition) is 5. The van der Waals surface area contributed by atoms with Crippen molar-refractivity contribution >= 4 is 63.5 Å². The lowest BCUT2D eigenvalue weighted by Crippen LogP contribution is -2.31. The first-order valence-corrected chi connectivity index (χ1v) is 9.73. The van der Waals surface area contributed by atoms with Crippen molar-refractivity contribution in [1.29, 1.82) is 0 Å². The van der Waals surface area contributed by atoms with E-state index in [2.05, 4.69) is 5.32 Å². The van der Waals surface area contributed by atoms with Crippen LogP contribution in [-0.4, -0.2) is 32.7 Å². The molecule has 1 saturated heterocycles. The Morgan fingerprint density at radius 1 is 1.32 bits per heavy atom. The van der Waals surface area contributed by atoms with Gasteiger partial charge in [-0.05, 0) is 30.3 Å². The van der Waals surface area contributed by atoms with Gasteiger partial charge in [-0.1, -0.05) is 53.8 Å². The summed E-state index contributed by atoms with van der Waals surface area (Å²) in [5.74, 6) is -1.34. The summed E-state index contributed by atoms with van der Waals surface area (Å²) in [6.07, 6.45) is 1.41. The van der Waals surface area contributed by atoms with Crippen LogP contribution in [0.1, 0.15) is 12.0 Å². The molecule has 3 rings (SSSR count). The molecular weight excluding hydrogens is 423 g/mol. The molecule has 2 aromatic carbocycles. The summed E-state index contributed by atoms with van der Waals surface area (Å²) in [6.45, 7) is 0.0619. The monoisotopic (exact) mass is 436 g/mol. The van der Waals surface area contributed by atoms with Gasteiger partial charge in [0.1, 0.15) is 15.9 Å². The van der Waals surface area contributed by atoms with Gasteiger partial charge in [0.15, 0.2) is 0 Å². The van der Waals surface area contributed by atoms with Crippen LogP contribution in [0.2, 0.25) is 5.02 Å². The largest absolute Gasteiger partial charge is 0.506 e. The molecule has 28 heavy (non-hydrogen) atoms. The van der Waals surface area contributed by atoms with Gasteiger partial charge in [0.05, 0.1) is 10.6 Å². The Labute approximate surface area is 175 Å². The highest BCUT2D eigenvalue weighted by atomic mass is 35.5. The fraction of sp³-hybridized carbons (Fsp3) is 0.105. The lowest BCUT2D eigenvalue weighted by atomic mass is 10.2. The number of phenolic OH excluding ortho intramolecular Hbond substituents is 1. The molecule has 5 nitrogen and oxygen atoms in total. The molecule has 0 unspecified atom stereocenters. The summed E-state index contributed by atoms with van der Waals surface area (Å²) in [7, 11) is 0. The number of benzene rings is 2. The van der Waals surface area contributed by atoms with E-state index in [1.165, 1.54) is 35.2 Å². The van der Waals surface area contributed by atoms with Crippen LogP contribution >= 0.6 is 35.6 Å². The van der Waals surface area contributed by atoms with Crippen molar-refractivity contribution in [2.45, 2.75) is 6.42 Å². The van der Waals surface area contributed by atoms with Crippen LogP contribution in [0.4, 0.5) is 10.1 Å². The van der Waals surface area contributed by atoms with Crippen LogP contribution in [0.15, 0.2) is 47.4 Å². The smallest absolute Gasteiger partial charge is 0.266 e.